The molecule has 0 amide bonds. The Bertz CT molecular complexity index is 917. The van der Waals surface area contributed by atoms with E-state index in [1.54, 1.807) is 12.3 Å². The molecule has 0 aliphatic carbocycles. The largest absolute Gasteiger partial charge is 0.481 e. The zero-order chi connectivity index (χ0) is 16.7. The summed E-state index contributed by atoms with van der Waals surface area (Å²) in [7, 11) is 0. The second kappa shape index (κ2) is 5.93. The van der Waals surface area contributed by atoms with E-state index in [1.165, 1.54) is 11.3 Å². The average molecular weight is 357 g/mol. The molecule has 0 spiro atoms. The number of thiophene rings is 1. The SMILES string of the molecule is Cc1c(CC(=O)O)csc1Cc1nc2c(F)c(F)cc(F)c2s1. The van der Waals surface area contributed by atoms with Crippen LogP contribution in [0.2, 0.25) is 0 Å². The standard InChI is InChI=1S/C15H10F3NO2S2/c1-6-7(2-12(20)21)5-22-10(6)4-11-19-14-13(18)8(16)3-9(17)15(14)23-11/h3,5H,2,4H2,1H3,(H,20,21). The molecule has 0 aliphatic heterocycles. The summed E-state index contributed by atoms with van der Waals surface area (Å²) >= 11 is 2.35. The molecule has 2 heterocycles. The Balaban J connectivity index is 1.96. The summed E-state index contributed by atoms with van der Waals surface area (Å²) in [6.07, 6.45) is 0.257. The van der Waals surface area contributed by atoms with E-state index < -0.39 is 23.4 Å². The Kier molecular flexibility index (Phi) is 4.11. The van der Waals surface area contributed by atoms with Crippen molar-refractivity contribution in [1.29, 1.82) is 0 Å². The summed E-state index contributed by atoms with van der Waals surface area (Å²) < 4.78 is 40.6. The van der Waals surface area contributed by atoms with Gasteiger partial charge in [0.25, 0.3) is 0 Å². The van der Waals surface area contributed by atoms with Gasteiger partial charge in [-0.05, 0) is 23.4 Å². The third-order valence-corrected chi connectivity index (χ3v) is 5.66. The highest BCUT2D eigenvalue weighted by Gasteiger charge is 2.19. The van der Waals surface area contributed by atoms with E-state index in [9.17, 15) is 18.0 Å². The number of nitrogens with zero attached hydrogens (tertiary/aromatic N) is 1. The number of hydrogen-bond donors (Lipinski definition) is 1. The van der Waals surface area contributed by atoms with Crippen molar-refractivity contribution in [2.75, 3.05) is 0 Å². The number of halogens is 3. The minimum atomic E-state index is -1.26. The lowest BCUT2D eigenvalue weighted by molar-refractivity contribution is -0.136. The number of carbonyl (C=O) groups is 1. The van der Waals surface area contributed by atoms with Crippen molar-refractivity contribution in [2.45, 2.75) is 19.8 Å². The second-order valence-corrected chi connectivity index (χ2v) is 7.04. The minimum absolute atomic E-state index is 0.0149. The first-order chi connectivity index (χ1) is 10.9. The maximum absolute atomic E-state index is 13.7. The highest BCUT2D eigenvalue weighted by molar-refractivity contribution is 7.18. The average Bonchev–Trinajstić information content (AvgIpc) is 3.04. The lowest BCUT2D eigenvalue weighted by Gasteiger charge is -1.98. The van der Waals surface area contributed by atoms with Gasteiger partial charge in [-0.1, -0.05) is 0 Å². The van der Waals surface area contributed by atoms with Crippen LogP contribution in [0.5, 0.6) is 0 Å². The number of aromatic nitrogens is 1. The van der Waals surface area contributed by atoms with Gasteiger partial charge in [0.1, 0.15) is 11.3 Å². The molecule has 120 valence electrons. The summed E-state index contributed by atoms with van der Waals surface area (Å²) in [5, 5.41) is 11.1. The Labute approximate surface area is 137 Å². The van der Waals surface area contributed by atoms with Crippen LogP contribution >= 0.6 is 22.7 Å². The molecule has 3 aromatic rings. The highest BCUT2D eigenvalue weighted by atomic mass is 32.1. The normalized spacial score (nSPS) is 11.3. The van der Waals surface area contributed by atoms with Crippen LogP contribution in [0.1, 0.15) is 21.0 Å². The molecule has 0 radical (unpaired) electrons. The first-order valence-electron chi connectivity index (χ1n) is 6.57. The molecule has 1 N–H and O–H groups in total. The lowest BCUT2D eigenvalue weighted by Crippen LogP contribution is -2.00. The van der Waals surface area contributed by atoms with Crippen molar-refractivity contribution in [3.63, 3.8) is 0 Å². The smallest absolute Gasteiger partial charge is 0.307 e. The topological polar surface area (TPSA) is 50.2 Å². The number of fused-ring (bicyclic) bond motifs is 1. The summed E-state index contributed by atoms with van der Waals surface area (Å²) in [5.41, 5.74) is 1.24. The van der Waals surface area contributed by atoms with E-state index in [2.05, 4.69) is 4.98 Å². The summed E-state index contributed by atoms with van der Waals surface area (Å²) in [5.74, 6) is -4.17. The van der Waals surface area contributed by atoms with Crippen LogP contribution in [0.4, 0.5) is 13.2 Å². The number of carboxylic acids is 1. The van der Waals surface area contributed by atoms with Crippen LogP contribution in [-0.2, 0) is 17.6 Å². The van der Waals surface area contributed by atoms with Gasteiger partial charge in [0.15, 0.2) is 11.6 Å². The van der Waals surface area contributed by atoms with Gasteiger partial charge < -0.3 is 5.11 Å². The third-order valence-electron chi connectivity index (χ3n) is 3.46. The Morgan fingerprint density at radius 2 is 2.04 bits per heavy atom. The number of thiazole rings is 1. The quantitative estimate of drug-likeness (QED) is 0.708. The fourth-order valence-electron chi connectivity index (χ4n) is 2.25. The van der Waals surface area contributed by atoms with E-state index in [4.69, 9.17) is 5.11 Å². The maximum atomic E-state index is 13.7. The number of aliphatic carboxylic acids is 1. The Hall–Kier alpha value is -1.93. The molecule has 23 heavy (non-hydrogen) atoms. The van der Waals surface area contributed by atoms with Crippen LogP contribution in [0.15, 0.2) is 11.4 Å². The lowest BCUT2D eigenvalue weighted by atomic mass is 10.1. The van der Waals surface area contributed by atoms with Gasteiger partial charge in [0.2, 0.25) is 0 Å². The fourth-order valence-corrected chi connectivity index (χ4v) is 4.39. The fraction of sp³-hybridized carbons (Fsp3) is 0.200. The molecule has 0 saturated carbocycles. The Morgan fingerprint density at radius 3 is 2.74 bits per heavy atom. The van der Waals surface area contributed by atoms with Crippen molar-refractivity contribution in [3.05, 3.63) is 49.9 Å². The van der Waals surface area contributed by atoms with Crippen LogP contribution in [-0.4, -0.2) is 16.1 Å². The number of rotatable bonds is 4. The monoisotopic (exact) mass is 357 g/mol. The highest BCUT2D eigenvalue weighted by Crippen LogP contribution is 2.32. The zero-order valence-electron chi connectivity index (χ0n) is 11.8. The van der Waals surface area contributed by atoms with Crippen molar-refractivity contribution in [3.8, 4) is 0 Å². The van der Waals surface area contributed by atoms with E-state index in [0.717, 1.165) is 21.8 Å². The van der Waals surface area contributed by atoms with Gasteiger partial charge in [0, 0.05) is 17.4 Å². The van der Waals surface area contributed by atoms with Gasteiger partial charge in [-0.2, -0.15) is 0 Å². The Morgan fingerprint density at radius 1 is 1.30 bits per heavy atom. The van der Waals surface area contributed by atoms with Crippen LogP contribution < -0.4 is 0 Å². The minimum Gasteiger partial charge on any atom is -0.481 e. The summed E-state index contributed by atoms with van der Waals surface area (Å²) in [4.78, 5) is 15.7. The molecule has 1 aromatic carbocycles. The van der Waals surface area contributed by atoms with E-state index in [-0.39, 0.29) is 16.6 Å². The molecule has 2 aromatic heterocycles. The van der Waals surface area contributed by atoms with Gasteiger partial charge in [0.05, 0.1) is 16.1 Å². The maximum Gasteiger partial charge on any atom is 0.307 e. The molecule has 0 fully saturated rings. The van der Waals surface area contributed by atoms with Crippen molar-refractivity contribution >= 4 is 38.9 Å². The number of benzene rings is 1. The molecule has 0 bridgehead atoms. The van der Waals surface area contributed by atoms with E-state index >= 15 is 0 Å². The molecule has 8 heteroatoms. The number of hydrogen-bond acceptors (Lipinski definition) is 4. The molecule has 3 nitrogen and oxygen atoms in total. The van der Waals surface area contributed by atoms with Gasteiger partial charge in [-0.15, -0.1) is 22.7 Å². The summed E-state index contributed by atoms with van der Waals surface area (Å²) in [6, 6.07) is 0.515. The predicted octanol–water partition coefficient (Wildman–Crippen LogP) is 4.30. The first-order valence-corrected chi connectivity index (χ1v) is 8.27. The molecular weight excluding hydrogens is 347 g/mol. The molecule has 0 saturated heterocycles. The molecule has 3 rings (SSSR count). The molecule has 0 aliphatic rings. The van der Waals surface area contributed by atoms with E-state index in [0.29, 0.717) is 23.1 Å². The third kappa shape index (κ3) is 2.96. The van der Waals surface area contributed by atoms with Crippen LogP contribution in [0.3, 0.4) is 0 Å². The second-order valence-electron chi connectivity index (χ2n) is 5.00. The molecule has 0 unspecified atom stereocenters. The van der Waals surface area contributed by atoms with Crippen molar-refractivity contribution < 1.29 is 23.1 Å². The van der Waals surface area contributed by atoms with Gasteiger partial charge in [-0.25, -0.2) is 18.2 Å². The van der Waals surface area contributed by atoms with E-state index in [1.807, 2.05) is 0 Å². The number of carboxylic acid groups (broad SMARTS) is 1. The molecule has 0 atom stereocenters. The van der Waals surface area contributed by atoms with Crippen LogP contribution in [0, 0.1) is 24.4 Å². The predicted molar refractivity (Wildman–Crippen MR) is 82.7 cm³/mol. The zero-order valence-corrected chi connectivity index (χ0v) is 13.5. The van der Waals surface area contributed by atoms with Gasteiger partial charge in [-0.3, -0.25) is 4.79 Å². The van der Waals surface area contributed by atoms with Crippen LogP contribution in [0.25, 0.3) is 10.2 Å². The van der Waals surface area contributed by atoms with Crippen molar-refractivity contribution in [1.82, 2.24) is 4.98 Å². The summed E-state index contributed by atoms with van der Waals surface area (Å²) in [6.45, 7) is 1.80. The van der Waals surface area contributed by atoms with Crippen molar-refractivity contribution in [2.24, 2.45) is 0 Å². The molecular formula is C15H10F3NO2S2. The first kappa shape index (κ1) is 15.9. The van der Waals surface area contributed by atoms with Gasteiger partial charge >= 0.3 is 5.97 Å².